The Morgan fingerprint density at radius 2 is 2.29 bits per heavy atom. The Morgan fingerprint density at radius 3 is 2.90 bits per heavy atom. The molecule has 1 N–H and O–H groups in total. The molecule has 0 spiro atoms. The maximum absolute atomic E-state index is 11.7. The van der Waals surface area contributed by atoms with Gasteiger partial charge in [0.2, 0.25) is 10.0 Å². The van der Waals surface area contributed by atoms with Crippen LogP contribution < -0.4 is 5.32 Å². The zero-order valence-corrected chi connectivity index (χ0v) is 14.8. The van der Waals surface area contributed by atoms with Crippen molar-refractivity contribution in [2.75, 3.05) is 26.4 Å². The molecule has 0 aliphatic carbocycles. The molecule has 2 rings (SSSR count). The minimum absolute atomic E-state index is 0.337. The van der Waals surface area contributed by atoms with E-state index < -0.39 is 10.0 Å². The van der Waals surface area contributed by atoms with Crippen molar-refractivity contribution < 1.29 is 8.42 Å². The van der Waals surface area contributed by atoms with E-state index in [-0.39, 0.29) is 0 Å². The Balaban J connectivity index is 2.05. The van der Waals surface area contributed by atoms with Gasteiger partial charge in [0, 0.05) is 24.0 Å². The molecule has 1 aliphatic rings. The van der Waals surface area contributed by atoms with Gasteiger partial charge in [-0.2, -0.15) is 0 Å². The van der Waals surface area contributed by atoms with Crippen LogP contribution in [-0.4, -0.2) is 39.1 Å². The molecule has 2 atom stereocenters. The van der Waals surface area contributed by atoms with Gasteiger partial charge in [-0.15, -0.1) is 11.3 Å². The molecule has 0 aromatic carbocycles. The van der Waals surface area contributed by atoms with Gasteiger partial charge in [-0.25, -0.2) is 12.7 Å². The summed E-state index contributed by atoms with van der Waals surface area (Å²) in [5.74, 6) is 0.442. The first-order valence-electron chi connectivity index (χ1n) is 7.64. The summed E-state index contributed by atoms with van der Waals surface area (Å²) in [7, 11) is -1.05. The lowest BCUT2D eigenvalue weighted by atomic mass is 9.91. The van der Waals surface area contributed by atoms with Crippen LogP contribution in [0.15, 0.2) is 11.4 Å². The average Bonchev–Trinajstić information content (AvgIpc) is 2.92. The molecule has 1 aromatic heterocycles. The van der Waals surface area contributed by atoms with Crippen LogP contribution in [0.3, 0.4) is 0 Å². The number of nitrogens with zero attached hydrogens (tertiary/aromatic N) is 1. The standard InChI is InChI=1S/C15H26N2O2S2/c1-4-13-7-9-20-15(13)14(16-2)10-12-6-5-8-17(11-12)21(3,18)19/h7,9,12,14,16H,4-6,8,10-11H2,1-3H3. The van der Waals surface area contributed by atoms with Crippen LogP contribution in [0.1, 0.15) is 42.7 Å². The molecular weight excluding hydrogens is 304 g/mol. The van der Waals surface area contributed by atoms with Gasteiger partial charge in [0.1, 0.15) is 0 Å². The molecule has 0 bridgehead atoms. The largest absolute Gasteiger partial charge is 0.312 e. The van der Waals surface area contributed by atoms with Crippen molar-refractivity contribution >= 4 is 21.4 Å². The van der Waals surface area contributed by atoms with Gasteiger partial charge in [0.05, 0.1) is 6.26 Å². The molecule has 0 radical (unpaired) electrons. The van der Waals surface area contributed by atoms with Crippen LogP contribution in [0.5, 0.6) is 0 Å². The number of hydrogen-bond donors (Lipinski definition) is 1. The number of aryl methyl sites for hydroxylation is 1. The van der Waals surface area contributed by atoms with E-state index in [2.05, 4.69) is 23.7 Å². The third-order valence-electron chi connectivity index (χ3n) is 4.35. The molecule has 6 heteroatoms. The van der Waals surface area contributed by atoms with Crippen molar-refractivity contribution in [1.82, 2.24) is 9.62 Å². The molecule has 1 saturated heterocycles. The Hall–Kier alpha value is -0.430. The second kappa shape index (κ2) is 7.22. The Morgan fingerprint density at radius 1 is 1.52 bits per heavy atom. The fraction of sp³-hybridized carbons (Fsp3) is 0.733. The van der Waals surface area contributed by atoms with E-state index in [0.717, 1.165) is 25.7 Å². The SMILES string of the molecule is CCc1ccsc1C(CC1CCCN(S(C)(=O)=O)C1)NC. The highest BCUT2D eigenvalue weighted by molar-refractivity contribution is 7.88. The molecule has 120 valence electrons. The Labute approximate surface area is 132 Å². The highest BCUT2D eigenvalue weighted by Crippen LogP contribution is 2.32. The van der Waals surface area contributed by atoms with E-state index in [1.165, 1.54) is 16.7 Å². The molecule has 4 nitrogen and oxygen atoms in total. The molecule has 1 aromatic rings. The van der Waals surface area contributed by atoms with Gasteiger partial charge in [-0.3, -0.25) is 0 Å². The lowest BCUT2D eigenvalue weighted by Gasteiger charge is -2.33. The summed E-state index contributed by atoms with van der Waals surface area (Å²) >= 11 is 1.81. The van der Waals surface area contributed by atoms with Crippen LogP contribution in [0.4, 0.5) is 0 Å². The maximum Gasteiger partial charge on any atom is 0.211 e. The van der Waals surface area contributed by atoms with Crippen LogP contribution in [-0.2, 0) is 16.4 Å². The van der Waals surface area contributed by atoms with Crippen LogP contribution >= 0.6 is 11.3 Å². The molecule has 21 heavy (non-hydrogen) atoms. The average molecular weight is 331 g/mol. The van der Waals surface area contributed by atoms with Gasteiger partial charge < -0.3 is 5.32 Å². The first-order chi connectivity index (χ1) is 9.95. The number of nitrogens with one attached hydrogen (secondary N) is 1. The summed E-state index contributed by atoms with van der Waals surface area (Å²) in [4.78, 5) is 1.41. The van der Waals surface area contributed by atoms with E-state index in [1.54, 1.807) is 4.31 Å². The van der Waals surface area contributed by atoms with E-state index in [0.29, 0.717) is 25.0 Å². The van der Waals surface area contributed by atoms with E-state index in [9.17, 15) is 8.42 Å². The summed E-state index contributed by atoms with van der Waals surface area (Å²) < 4.78 is 25.1. The molecule has 2 unspecified atom stereocenters. The second-order valence-corrected chi connectivity index (χ2v) is 8.80. The molecular formula is C15H26N2O2S2. The maximum atomic E-state index is 11.7. The van der Waals surface area contributed by atoms with Gasteiger partial charge in [-0.05, 0) is 55.7 Å². The van der Waals surface area contributed by atoms with Crippen LogP contribution in [0.2, 0.25) is 0 Å². The summed E-state index contributed by atoms with van der Waals surface area (Å²) in [5.41, 5.74) is 1.41. The van der Waals surface area contributed by atoms with Crippen molar-refractivity contribution in [3.8, 4) is 0 Å². The van der Waals surface area contributed by atoms with Crippen molar-refractivity contribution in [1.29, 1.82) is 0 Å². The third kappa shape index (κ3) is 4.28. The molecule has 0 amide bonds. The van der Waals surface area contributed by atoms with Crippen LogP contribution in [0, 0.1) is 5.92 Å². The third-order valence-corrected chi connectivity index (χ3v) is 6.69. The Kier molecular flexibility index (Phi) is 5.82. The lowest BCUT2D eigenvalue weighted by Crippen LogP contribution is -2.40. The highest BCUT2D eigenvalue weighted by Gasteiger charge is 2.28. The summed E-state index contributed by atoms with van der Waals surface area (Å²) in [6.45, 7) is 3.53. The first kappa shape index (κ1) is 16.9. The predicted molar refractivity (Wildman–Crippen MR) is 89.3 cm³/mol. The van der Waals surface area contributed by atoms with Crippen molar-refractivity contribution in [3.05, 3.63) is 21.9 Å². The number of hydrogen-bond acceptors (Lipinski definition) is 4. The first-order valence-corrected chi connectivity index (χ1v) is 10.4. The highest BCUT2D eigenvalue weighted by atomic mass is 32.2. The molecule has 1 fully saturated rings. The van der Waals surface area contributed by atoms with Gasteiger partial charge in [0.25, 0.3) is 0 Å². The molecule has 1 aliphatic heterocycles. The normalized spacial score (nSPS) is 22.3. The van der Waals surface area contributed by atoms with Gasteiger partial charge in [-0.1, -0.05) is 6.92 Å². The summed E-state index contributed by atoms with van der Waals surface area (Å²) in [5, 5.41) is 5.58. The second-order valence-electron chi connectivity index (χ2n) is 5.87. The fourth-order valence-corrected chi connectivity index (χ4v) is 5.22. The molecule has 0 saturated carbocycles. The Bertz CT molecular complexity index is 554. The van der Waals surface area contributed by atoms with E-state index in [1.807, 2.05) is 18.4 Å². The topological polar surface area (TPSA) is 49.4 Å². The monoisotopic (exact) mass is 330 g/mol. The lowest BCUT2D eigenvalue weighted by molar-refractivity contribution is 0.241. The van der Waals surface area contributed by atoms with Crippen molar-refractivity contribution in [3.63, 3.8) is 0 Å². The van der Waals surface area contributed by atoms with Gasteiger partial charge in [0.15, 0.2) is 0 Å². The zero-order chi connectivity index (χ0) is 15.5. The summed E-state index contributed by atoms with van der Waals surface area (Å²) in [6.07, 6.45) is 5.48. The summed E-state index contributed by atoms with van der Waals surface area (Å²) in [6, 6.07) is 2.54. The molecule has 2 heterocycles. The van der Waals surface area contributed by atoms with Crippen molar-refractivity contribution in [2.45, 2.75) is 38.6 Å². The number of thiophene rings is 1. The smallest absolute Gasteiger partial charge is 0.211 e. The quantitative estimate of drug-likeness (QED) is 0.872. The number of sulfonamides is 1. The minimum atomic E-state index is -3.05. The van der Waals surface area contributed by atoms with Crippen LogP contribution in [0.25, 0.3) is 0 Å². The number of piperidine rings is 1. The van der Waals surface area contributed by atoms with Crippen molar-refractivity contribution in [2.24, 2.45) is 5.92 Å². The minimum Gasteiger partial charge on any atom is -0.312 e. The van der Waals surface area contributed by atoms with E-state index >= 15 is 0 Å². The van der Waals surface area contributed by atoms with Gasteiger partial charge >= 0.3 is 0 Å². The predicted octanol–water partition coefficient (Wildman–Crippen LogP) is 2.63. The fourth-order valence-electron chi connectivity index (χ4n) is 3.16. The van der Waals surface area contributed by atoms with E-state index in [4.69, 9.17) is 0 Å². The number of rotatable bonds is 6. The zero-order valence-electron chi connectivity index (χ0n) is 13.1.